The van der Waals surface area contributed by atoms with Gasteiger partial charge in [-0.05, 0) is 189 Å². The monoisotopic (exact) mass is 1350 g/mol. The third-order valence-electron chi connectivity index (χ3n) is 18.0. The molecule has 1 fully saturated rings. The van der Waals surface area contributed by atoms with Gasteiger partial charge in [-0.25, -0.2) is 29.3 Å². The van der Waals surface area contributed by atoms with Crippen LogP contribution in [0.25, 0.3) is 100 Å². The van der Waals surface area contributed by atoms with Crippen LogP contribution >= 0.6 is 0 Å². The summed E-state index contributed by atoms with van der Waals surface area (Å²) in [6, 6.07) is 44.5. The Morgan fingerprint density at radius 3 is 1.35 bits per heavy atom. The highest BCUT2D eigenvalue weighted by atomic mass is 16.5. The van der Waals surface area contributed by atoms with Crippen LogP contribution in [-0.2, 0) is 24.4 Å². The highest BCUT2D eigenvalue weighted by Crippen LogP contribution is 2.39. The topological polar surface area (TPSA) is 311 Å². The number of H-pyrrole nitrogens is 3. The lowest BCUT2D eigenvalue weighted by Crippen LogP contribution is -2.36. The van der Waals surface area contributed by atoms with Crippen LogP contribution in [0.15, 0.2) is 163 Å². The van der Waals surface area contributed by atoms with E-state index in [0.29, 0.717) is 73.2 Å². The second-order valence-electron chi connectivity index (χ2n) is 24.8. The highest BCUT2D eigenvalue weighted by Gasteiger charge is 2.28. The number of hydrogen-bond donors (Lipinski definition) is 8. The largest absolute Gasteiger partial charge is 0.450 e. The lowest BCUT2D eigenvalue weighted by atomic mass is 9.97. The molecule has 0 aliphatic carbocycles. The number of carbonyl (C=O) groups excluding carboxylic acids is 5. The van der Waals surface area contributed by atoms with E-state index in [1.165, 1.54) is 6.42 Å². The first-order chi connectivity index (χ1) is 49.0. The number of anilines is 3. The molecule has 25 heteroatoms. The summed E-state index contributed by atoms with van der Waals surface area (Å²) >= 11 is 0. The standard InChI is InChI=1S/C28H33N7O2.C24H22N6O2.C24H21N5O3/c1-4-29-28(37)33-27-31-24-15-20(14-22(26(24)32-27)23-10-6-7-11-30-23)19-13-18(3)35(25(36)16-19)17-21-9-8-12-34(21)5-2;1-3-25-24(32)29-23-27-20-12-16(11-18(21(20)28-23)19-6-4-5-9-26-19)14-7-8-15-13-30(2)22(31)17(15)10-14;1-3-32-24(31)28-23-26-20-12-16(11-18(21(20)27-23)19-6-4-5-9-25-19)14-7-8-15-13-29(2)22(30)17(15)10-14/h6-7,10-11,13-16,21H,4-5,8-9,12,17H2,1-3H3,(H3,29,31,32,33,37);4-12H,3,13H2,1-2H3,(H3,25,27,28,29,32);4-12H,3,13H2,1-2H3,(H2,26,27,28,31). The molecule has 0 saturated carbocycles. The van der Waals surface area contributed by atoms with Crippen molar-refractivity contribution in [2.75, 3.05) is 62.8 Å². The molecular formula is C76H76N18O7. The van der Waals surface area contributed by atoms with Gasteiger partial charge in [0.15, 0.2) is 0 Å². The average molecular weight is 1350 g/mol. The molecule has 3 aliphatic rings. The van der Waals surface area contributed by atoms with Gasteiger partial charge < -0.3 is 44.7 Å². The predicted molar refractivity (Wildman–Crippen MR) is 391 cm³/mol. The molecule has 8 N–H and O–H groups in total. The molecule has 1 saturated heterocycles. The van der Waals surface area contributed by atoms with E-state index < -0.39 is 6.09 Å². The maximum Gasteiger partial charge on any atom is 0.413 e. The SMILES string of the molecule is CCNC(=O)Nc1nc2c(-c3ccccn3)cc(-c3cc(C)n(CC4CCCN4CC)c(=O)c3)cc2[nH]1.CCNC(=O)Nc1nc2c(-c3ccccn3)cc(-c3ccc4c(c3)C(=O)N(C)C4)cc2[nH]1.CCOC(=O)Nc1nc2c(-c3ccccn3)cc(-c3ccc4c(c3)C(=O)N(C)C4)cc2[nH]1. The second kappa shape index (κ2) is 29.4. The molecule has 512 valence electrons. The third-order valence-corrected chi connectivity index (χ3v) is 18.0. The Balaban J connectivity index is 0.000000136. The molecular weight excluding hydrogens is 1280 g/mol. The molecule has 7 aromatic heterocycles. The number of urea groups is 2. The number of amides is 7. The molecule has 7 amide bonds. The first kappa shape index (κ1) is 67.2. The summed E-state index contributed by atoms with van der Waals surface area (Å²) in [5.41, 5.74) is 18.9. The molecule has 1 unspecified atom stereocenters. The van der Waals surface area contributed by atoms with Crippen molar-refractivity contribution in [3.63, 3.8) is 0 Å². The van der Waals surface area contributed by atoms with Gasteiger partial charge in [0.1, 0.15) is 0 Å². The fraction of sp³-hybridized carbons (Fsp3) is 0.237. The maximum absolute atomic E-state index is 13.3. The molecule has 10 heterocycles. The van der Waals surface area contributed by atoms with Gasteiger partial charge in [-0.2, -0.15) is 0 Å². The molecule has 0 radical (unpaired) electrons. The number of imidazole rings is 3. The predicted octanol–water partition coefficient (Wildman–Crippen LogP) is 12.9. The van der Waals surface area contributed by atoms with Gasteiger partial charge in [0.25, 0.3) is 17.4 Å². The number of nitrogens with zero attached hydrogens (tertiary/aromatic N) is 10. The van der Waals surface area contributed by atoms with Crippen molar-refractivity contribution in [3.05, 3.63) is 196 Å². The summed E-state index contributed by atoms with van der Waals surface area (Å²) in [6.45, 7) is 15.0. The summed E-state index contributed by atoms with van der Waals surface area (Å²) in [6.07, 6.45) is 6.93. The van der Waals surface area contributed by atoms with Crippen LogP contribution in [0.4, 0.5) is 32.2 Å². The zero-order valence-electron chi connectivity index (χ0n) is 57.0. The van der Waals surface area contributed by atoms with E-state index in [4.69, 9.17) is 4.74 Å². The Morgan fingerprint density at radius 2 is 0.941 bits per heavy atom. The van der Waals surface area contributed by atoms with Gasteiger partial charge in [-0.3, -0.25) is 50.2 Å². The normalized spacial score (nSPS) is 13.9. The smallest absolute Gasteiger partial charge is 0.413 e. The van der Waals surface area contributed by atoms with Crippen LogP contribution in [0.3, 0.4) is 0 Å². The van der Waals surface area contributed by atoms with Crippen molar-refractivity contribution < 1.29 is 28.7 Å². The first-order valence-electron chi connectivity index (χ1n) is 33.7. The van der Waals surface area contributed by atoms with Crippen LogP contribution < -0.4 is 32.1 Å². The zero-order chi connectivity index (χ0) is 70.4. The Bertz CT molecular complexity index is 4980. The van der Waals surface area contributed by atoms with Crippen LogP contribution in [0.5, 0.6) is 0 Å². The number of fused-ring (bicyclic) bond motifs is 5. The Kier molecular flexibility index (Phi) is 19.5. The van der Waals surface area contributed by atoms with E-state index in [1.807, 2.05) is 153 Å². The highest BCUT2D eigenvalue weighted by molar-refractivity contribution is 6.04. The number of aromatic nitrogens is 10. The third kappa shape index (κ3) is 14.5. The number of carbonyl (C=O) groups is 5. The second-order valence-corrected chi connectivity index (χ2v) is 24.8. The van der Waals surface area contributed by atoms with Crippen molar-refractivity contribution in [3.8, 4) is 67.2 Å². The van der Waals surface area contributed by atoms with Crippen molar-refractivity contribution in [1.29, 1.82) is 0 Å². The lowest BCUT2D eigenvalue weighted by Gasteiger charge is -2.24. The van der Waals surface area contributed by atoms with Crippen molar-refractivity contribution in [2.45, 2.75) is 73.1 Å². The van der Waals surface area contributed by atoms with Crippen LogP contribution in [0.1, 0.15) is 78.1 Å². The molecule has 3 aliphatic heterocycles. The van der Waals surface area contributed by atoms with E-state index in [2.05, 4.69) is 89.3 Å². The quantitative estimate of drug-likeness (QED) is 0.0473. The molecule has 15 rings (SSSR count). The van der Waals surface area contributed by atoms with Crippen LogP contribution in [0.2, 0.25) is 0 Å². The maximum atomic E-state index is 13.3. The van der Waals surface area contributed by atoms with Crippen LogP contribution in [0, 0.1) is 6.92 Å². The number of likely N-dealkylation sites (N-methyl/N-ethyl adjacent to an activating group) is 1. The minimum atomic E-state index is -0.576. The number of rotatable bonds is 15. The summed E-state index contributed by atoms with van der Waals surface area (Å²) in [7, 11) is 3.61. The Labute approximate surface area is 581 Å². The number of benzene rings is 5. The number of likely N-dealkylation sites (tertiary alicyclic amines) is 1. The molecule has 5 aromatic carbocycles. The van der Waals surface area contributed by atoms with Gasteiger partial charge in [-0.1, -0.05) is 49.4 Å². The number of hydrogen-bond acceptors (Lipinski definition) is 14. The Hall–Kier alpha value is -12.4. The number of aryl methyl sites for hydroxylation is 1. The molecule has 0 bridgehead atoms. The van der Waals surface area contributed by atoms with E-state index >= 15 is 0 Å². The lowest BCUT2D eigenvalue weighted by molar-refractivity contribution is 0.0809. The van der Waals surface area contributed by atoms with E-state index in [1.54, 1.807) is 55.5 Å². The summed E-state index contributed by atoms with van der Waals surface area (Å²) in [5, 5.41) is 13.5. The fourth-order valence-corrected chi connectivity index (χ4v) is 13.2. The Morgan fingerprint density at radius 1 is 0.515 bits per heavy atom. The van der Waals surface area contributed by atoms with E-state index in [-0.39, 0.29) is 36.0 Å². The molecule has 101 heavy (non-hydrogen) atoms. The van der Waals surface area contributed by atoms with Crippen molar-refractivity contribution in [1.82, 2.24) is 74.8 Å². The van der Waals surface area contributed by atoms with Gasteiger partial charge in [0.2, 0.25) is 17.8 Å². The number of aromatic amines is 3. The summed E-state index contributed by atoms with van der Waals surface area (Å²) < 4.78 is 6.85. The number of nitrogens with one attached hydrogen (secondary N) is 8. The van der Waals surface area contributed by atoms with Gasteiger partial charge in [0, 0.05) is 111 Å². The summed E-state index contributed by atoms with van der Waals surface area (Å²) in [5.74, 6) is 1.04. The minimum Gasteiger partial charge on any atom is -0.450 e. The molecule has 0 spiro atoms. The summed E-state index contributed by atoms with van der Waals surface area (Å²) in [4.78, 5) is 117. The van der Waals surface area contributed by atoms with Gasteiger partial charge in [-0.15, -0.1) is 0 Å². The fourth-order valence-electron chi connectivity index (χ4n) is 13.2. The van der Waals surface area contributed by atoms with Gasteiger partial charge in [0.05, 0.1) is 56.8 Å². The minimum absolute atomic E-state index is 0.000592. The molecule has 12 aromatic rings. The van der Waals surface area contributed by atoms with Crippen LogP contribution in [-0.4, -0.2) is 147 Å². The number of ether oxygens (including phenoxy) is 1. The zero-order valence-corrected chi connectivity index (χ0v) is 57.0. The van der Waals surface area contributed by atoms with Gasteiger partial charge >= 0.3 is 18.2 Å². The van der Waals surface area contributed by atoms with E-state index in [0.717, 1.165) is 131 Å². The molecule has 25 nitrogen and oxygen atoms in total. The number of pyridine rings is 4. The molecule has 1 atom stereocenters. The average Bonchev–Trinajstić information content (AvgIpc) is 1.72. The van der Waals surface area contributed by atoms with Crippen molar-refractivity contribution in [2.24, 2.45) is 0 Å². The van der Waals surface area contributed by atoms with E-state index in [9.17, 15) is 28.8 Å². The van der Waals surface area contributed by atoms with Crippen molar-refractivity contribution >= 4 is 80.9 Å². The first-order valence-corrected chi connectivity index (χ1v) is 33.7.